The van der Waals surface area contributed by atoms with Gasteiger partial charge >= 0.3 is 5.69 Å². The van der Waals surface area contributed by atoms with Gasteiger partial charge in [0.1, 0.15) is 18.1 Å². The van der Waals surface area contributed by atoms with E-state index in [1.54, 1.807) is 18.1 Å². The van der Waals surface area contributed by atoms with E-state index in [2.05, 4.69) is 10.1 Å². The van der Waals surface area contributed by atoms with Gasteiger partial charge in [-0.3, -0.25) is 14.3 Å². The summed E-state index contributed by atoms with van der Waals surface area (Å²) in [6.07, 6.45) is 3.49. The van der Waals surface area contributed by atoms with Crippen LogP contribution in [0.15, 0.2) is 53.5 Å². The van der Waals surface area contributed by atoms with Crippen molar-refractivity contribution in [3.63, 3.8) is 0 Å². The molecule has 0 saturated heterocycles. The number of likely N-dealkylation sites (N-methyl/N-ethyl adjacent to an activating group) is 1. The summed E-state index contributed by atoms with van der Waals surface area (Å²) >= 11 is 1.47. The Morgan fingerprint density at radius 1 is 1.33 bits per heavy atom. The summed E-state index contributed by atoms with van der Waals surface area (Å²) in [5.74, 6) is 0.264. The van der Waals surface area contributed by atoms with Crippen molar-refractivity contribution >= 4 is 35.5 Å². The van der Waals surface area contributed by atoms with Gasteiger partial charge in [0.05, 0.1) is 19.4 Å². The predicted molar refractivity (Wildman–Crippen MR) is 115 cm³/mol. The molecule has 3 aromatic heterocycles. The third kappa shape index (κ3) is 3.81. The molecule has 0 aliphatic carbocycles. The van der Waals surface area contributed by atoms with Crippen LogP contribution in [0.2, 0.25) is 0 Å². The summed E-state index contributed by atoms with van der Waals surface area (Å²) in [4.78, 5) is 32.9. The SMILES string of the molecule is CN1C(=O)C(c2ccc(Cn3cnn(C/C(=C/F)CN)c3=O)s2)c2cccnc21.Cl. The number of nitrogens with zero attached hydrogens (tertiary/aromatic N) is 5. The zero-order valence-corrected chi connectivity index (χ0v) is 17.7. The van der Waals surface area contributed by atoms with Crippen LogP contribution >= 0.6 is 23.7 Å². The molecular formula is C19H20ClFN6O2S. The predicted octanol–water partition coefficient (Wildman–Crippen LogP) is 1.89. The Balaban J connectivity index is 0.00000256. The van der Waals surface area contributed by atoms with E-state index in [9.17, 15) is 14.0 Å². The molecule has 0 bridgehead atoms. The largest absolute Gasteiger partial charge is 0.346 e. The lowest BCUT2D eigenvalue weighted by atomic mass is 10.0. The number of hydrogen-bond acceptors (Lipinski definition) is 6. The first-order valence-electron chi connectivity index (χ1n) is 8.95. The second-order valence-electron chi connectivity index (χ2n) is 6.72. The molecule has 1 atom stereocenters. The minimum absolute atomic E-state index is 0. The molecule has 1 aliphatic rings. The van der Waals surface area contributed by atoms with Gasteiger partial charge in [-0.2, -0.15) is 5.10 Å². The number of carbonyl (C=O) groups excluding carboxylic acids is 1. The smallest absolute Gasteiger partial charge is 0.327 e. The number of anilines is 1. The fourth-order valence-corrected chi connectivity index (χ4v) is 4.47. The monoisotopic (exact) mass is 450 g/mol. The Labute approximate surface area is 181 Å². The van der Waals surface area contributed by atoms with Gasteiger partial charge in [-0.05, 0) is 23.8 Å². The molecule has 0 radical (unpaired) electrons. The topological polar surface area (TPSA) is 99.0 Å². The second kappa shape index (κ2) is 8.90. The van der Waals surface area contributed by atoms with Crippen molar-refractivity contribution in [1.82, 2.24) is 19.3 Å². The van der Waals surface area contributed by atoms with Crippen LogP contribution in [0.4, 0.5) is 10.2 Å². The van der Waals surface area contributed by atoms with Crippen LogP contribution in [0, 0.1) is 0 Å². The van der Waals surface area contributed by atoms with Crippen LogP contribution in [0.3, 0.4) is 0 Å². The van der Waals surface area contributed by atoms with Crippen LogP contribution < -0.4 is 16.3 Å². The molecule has 0 fully saturated rings. The summed E-state index contributed by atoms with van der Waals surface area (Å²) in [6.45, 7) is 0.350. The van der Waals surface area contributed by atoms with Crippen molar-refractivity contribution in [2.24, 2.45) is 5.73 Å². The van der Waals surface area contributed by atoms with E-state index < -0.39 is 0 Å². The van der Waals surface area contributed by atoms with Gasteiger partial charge in [-0.15, -0.1) is 23.7 Å². The first-order chi connectivity index (χ1) is 14.0. The highest BCUT2D eigenvalue weighted by molar-refractivity contribution is 7.12. The van der Waals surface area contributed by atoms with Crippen LogP contribution in [0.25, 0.3) is 0 Å². The lowest BCUT2D eigenvalue weighted by molar-refractivity contribution is -0.118. The fourth-order valence-electron chi connectivity index (χ4n) is 3.35. The molecule has 1 aliphatic heterocycles. The molecule has 0 aromatic carbocycles. The summed E-state index contributed by atoms with van der Waals surface area (Å²) in [5, 5.41) is 4.02. The minimum Gasteiger partial charge on any atom is -0.327 e. The number of rotatable bonds is 6. The average Bonchev–Trinajstić information content (AvgIpc) is 3.40. The van der Waals surface area contributed by atoms with Gasteiger partial charge in [-0.1, -0.05) is 6.07 Å². The number of aromatic nitrogens is 4. The Kier molecular flexibility index (Phi) is 6.49. The molecule has 8 nitrogen and oxygen atoms in total. The number of halogens is 2. The fraction of sp³-hybridized carbons (Fsp3) is 0.263. The van der Waals surface area contributed by atoms with E-state index in [-0.39, 0.29) is 48.6 Å². The zero-order valence-electron chi connectivity index (χ0n) is 16.1. The van der Waals surface area contributed by atoms with Crippen LogP contribution in [-0.2, 0) is 17.9 Å². The maximum Gasteiger partial charge on any atom is 0.346 e. The third-order valence-corrected chi connectivity index (χ3v) is 6.02. The lowest BCUT2D eigenvalue weighted by Gasteiger charge is -2.09. The highest BCUT2D eigenvalue weighted by atomic mass is 35.5. The number of amides is 1. The van der Waals surface area contributed by atoms with Crippen LogP contribution in [-0.4, -0.2) is 38.8 Å². The standard InChI is InChI=1S/C19H19FN6O2S.ClH/c1-24-17-14(3-2-6-22-17)16(18(24)27)15-5-4-13(29-15)10-25-11-23-26(19(25)28)9-12(7-20)8-21;/h2-7,11,16H,8-10,21H2,1H3;1H/b12-7+;. The third-order valence-electron chi connectivity index (χ3n) is 4.88. The van der Waals surface area contributed by atoms with E-state index in [1.165, 1.54) is 26.9 Å². The summed E-state index contributed by atoms with van der Waals surface area (Å²) in [7, 11) is 1.72. The lowest BCUT2D eigenvalue weighted by Crippen LogP contribution is -2.26. The Hall–Kier alpha value is -2.82. The number of pyridine rings is 1. The highest BCUT2D eigenvalue weighted by Gasteiger charge is 2.38. The first-order valence-corrected chi connectivity index (χ1v) is 9.76. The number of carbonyl (C=O) groups is 1. The molecule has 1 amide bonds. The van der Waals surface area contributed by atoms with Gasteiger partial charge in [0.15, 0.2) is 0 Å². The summed E-state index contributed by atoms with van der Waals surface area (Å²) in [5.41, 5.74) is 6.25. The second-order valence-corrected chi connectivity index (χ2v) is 7.92. The molecule has 0 spiro atoms. The Morgan fingerprint density at radius 2 is 2.13 bits per heavy atom. The zero-order chi connectivity index (χ0) is 20.5. The molecule has 158 valence electrons. The van der Waals surface area contributed by atoms with Crippen molar-refractivity contribution in [2.45, 2.75) is 19.0 Å². The Bertz CT molecular complexity index is 1150. The first kappa shape index (κ1) is 21.9. The number of fused-ring (bicyclic) bond motifs is 1. The highest BCUT2D eigenvalue weighted by Crippen LogP contribution is 2.41. The van der Waals surface area contributed by atoms with E-state index in [0.29, 0.717) is 18.7 Å². The number of nitrogens with two attached hydrogens (primary N) is 1. The van der Waals surface area contributed by atoms with Crippen molar-refractivity contribution in [1.29, 1.82) is 0 Å². The molecule has 3 aromatic rings. The summed E-state index contributed by atoms with van der Waals surface area (Å²) < 4.78 is 15.3. The quantitative estimate of drug-likeness (QED) is 0.618. The van der Waals surface area contributed by atoms with Crippen molar-refractivity contribution in [2.75, 3.05) is 18.5 Å². The summed E-state index contributed by atoms with van der Waals surface area (Å²) in [6, 6.07) is 7.54. The van der Waals surface area contributed by atoms with Crippen molar-refractivity contribution in [3.05, 3.63) is 74.5 Å². The molecule has 4 rings (SSSR count). The van der Waals surface area contributed by atoms with Gasteiger partial charge in [0.2, 0.25) is 5.91 Å². The molecule has 2 N–H and O–H groups in total. The van der Waals surface area contributed by atoms with E-state index in [0.717, 1.165) is 15.3 Å². The van der Waals surface area contributed by atoms with Crippen LogP contribution in [0.5, 0.6) is 0 Å². The molecule has 0 saturated carbocycles. The maximum absolute atomic E-state index is 12.7. The minimum atomic E-state index is -0.385. The normalized spacial score (nSPS) is 16.0. The number of hydrogen-bond donors (Lipinski definition) is 1. The van der Waals surface area contributed by atoms with E-state index in [4.69, 9.17) is 5.73 Å². The van der Waals surface area contributed by atoms with Crippen LogP contribution in [0.1, 0.15) is 21.2 Å². The van der Waals surface area contributed by atoms with Gasteiger partial charge in [-0.25, -0.2) is 18.9 Å². The average molecular weight is 451 g/mol. The molecule has 4 heterocycles. The van der Waals surface area contributed by atoms with E-state index >= 15 is 0 Å². The van der Waals surface area contributed by atoms with Gasteiger partial charge in [0.25, 0.3) is 0 Å². The molecule has 30 heavy (non-hydrogen) atoms. The number of thiophene rings is 1. The maximum atomic E-state index is 12.7. The Morgan fingerprint density at radius 3 is 2.87 bits per heavy atom. The van der Waals surface area contributed by atoms with Gasteiger partial charge in [0, 0.05) is 35.1 Å². The molecule has 11 heteroatoms. The van der Waals surface area contributed by atoms with E-state index in [1.807, 2.05) is 24.3 Å². The van der Waals surface area contributed by atoms with Crippen molar-refractivity contribution < 1.29 is 9.18 Å². The van der Waals surface area contributed by atoms with Crippen molar-refractivity contribution in [3.8, 4) is 0 Å². The molecule has 1 unspecified atom stereocenters. The molecular weight excluding hydrogens is 431 g/mol. The van der Waals surface area contributed by atoms with Gasteiger partial charge < -0.3 is 5.73 Å².